The molecule has 78 valence electrons. The minimum Gasteiger partial charge on any atom is -0.325 e. The highest BCUT2D eigenvalue weighted by molar-refractivity contribution is 7.98. The largest absolute Gasteiger partial charge is 0.325 e. The van der Waals surface area contributed by atoms with Gasteiger partial charge in [0, 0.05) is 5.02 Å². The summed E-state index contributed by atoms with van der Waals surface area (Å²) in [5, 5.41) is 3.99. The molecule has 1 aliphatic heterocycles. The minimum atomic E-state index is 0.515. The molecule has 0 saturated heterocycles. The molecule has 2 N–H and O–H groups in total. The van der Waals surface area contributed by atoms with E-state index >= 15 is 0 Å². The maximum absolute atomic E-state index is 5.93. The molecule has 1 heterocycles. The lowest BCUT2D eigenvalue weighted by Gasteiger charge is -2.20. The minimum absolute atomic E-state index is 0.515. The molecule has 0 unspecified atom stereocenters. The SMILES string of the molecule is Clc1ccc2c(c1)NC(=NC1CC1)NS2. The van der Waals surface area contributed by atoms with Gasteiger partial charge in [0.2, 0.25) is 5.96 Å². The van der Waals surface area contributed by atoms with Crippen LogP contribution in [0.2, 0.25) is 5.02 Å². The molecule has 2 aliphatic rings. The predicted molar refractivity (Wildman–Crippen MR) is 64.5 cm³/mol. The van der Waals surface area contributed by atoms with Gasteiger partial charge in [-0.25, -0.2) is 4.99 Å². The molecule has 5 heteroatoms. The van der Waals surface area contributed by atoms with E-state index in [0.717, 1.165) is 21.6 Å². The smallest absolute Gasteiger partial charge is 0.206 e. The van der Waals surface area contributed by atoms with Gasteiger partial charge >= 0.3 is 0 Å². The highest BCUT2D eigenvalue weighted by Crippen LogP contribution is 2.32. The summed E-state index contributed by atoms with van der Waals surface area (Å²) in [4.78, 5) is 5.65. The van der Waals surface area contributed by atoms with Crippen molar-refractivity contribution in [3.05, 3.63) is 23.2 Å². The Hall–Kier alpha value is -0.870. The molecule has 3 nitrogen and oxygen atoms in total. The Balaban J connectivity index is 1.87. The quantitative estimate of drug-likeness (QED) is 0.740. The molecular weight excluding hydrogens is 230 g/mol. The van der Waals surface area contributed by atoms with E-state index in [1.54, 1.807) is 11.9 Å². The first-order valence-electron chi connectivity index (χ1n) is 4.88. The summed E-state index contributed by atoms with van der Waals surface area (Å²) in [6.45, 7) is 0. The Morgan fingerprint density at radius 2 is 2.27 bits per heavy atom. The third-order valence-electron chi connectivity index (χ3n) is 2.31. The molecule has 0 aromatic heterocycles. The van der Waals surface area contributed by atoms with Crippen molar-refractivity contribution in [3.8, 4) is 0 Å². The standard InChI is InChI=1S/C10H10ClN3S/c11-6-1-4-9-8(5-6)13-10(14-15-9)12-7-2-3-7/h1,4-5,7H,2-3H2,(H2,12,13,14). The van der Waals surface area contributed by atoms with E-state index in [1.165, 1.54) is 12.8 Å². The number of hydrogen-bond donors (Lipinski definition) is 2. The highest BCUT2D eigenvalue weighted by Gasteiger charge is 2.22. The Kier molecular flexibility index (Phi) is 2.25. The number of aliphatic imine (C=N–C) groups is 1. The number of fused-ring (bicyclic) bond motifs is 1. The van der Waals surface area contributed by atoms with Gasteiger partial charge in [-0.2, -0.15) is 0 Å². The van der Waals surface area contributed by atoms with Gasteiger partial charge in [0.1, 0.15) is 0 Å². The van der Waals surface area contributed by atoms with Crippen LogP contribution in [0.4, 0.5) is 5.69 Å². The second kappa shape index (κ2) is 3.61. The number of halogens is 1. The summed E-state index contributed by atoms with van der Waals surface area (Å²) >= 11 is 7.51. The van der Waals surface area contributed by atoms with E-state index in [9.17, 15) is 0 Å². The van der Waals surface area contributed by atoms with Crippen LogP contribution >= 0.6 is 23.5 Å². The van der Waals surface area contributed by atoms with Crippen LogP contribution in [0.25, 0.3) is 0 Å². The Morgan fingerprint density at radius 1 is 1.40 bits per heavy atom. The van der Waals surface area contributed by atoms with Gasteiger partial charge in [0.15, 0.2) is 0 Å². The van der Waals surface area contributed by atoms with E-state index in [-0.39, 0.29) is 0 Å². The first-order valence-corrected chi connectivity index (χ1v) is 6.08. The van der Waals surface area contributed by atoms with Gasteiger partial charge in [-0.3, -0.25) is 4.72 Å². The van der Waals surface area contributed by atoms with Crippen LogP contribution in [0.3, 0.4) is 0 Å². The molecule has 1 fully saturated rings. The molecule has 1 aromatic rings. The topological polar surface area (TPSA) is 36.4 Å². The molecule has 0 spiro atoms. The fourth-order valence-corrected chi connectivity index (χ4v) is 2.23. The molecule has 0 radical (unpaired) electrons. The van der Waals surface area contributed by atoms with Crippen molar-refractivity contribution in [3.63, 3.8) is 0 Å². The second-order valence-corrected chi connectivity index (χ2v) is 4.96. The Labute approximate surface area is 97.4 Å². The van der Waals surface area contributed by atoms with Gasteiger partial charge in [0.25, 0.3) is 0 Å². The van der Waals surface area contributed by atoms with Crippen LogP contribution in [0.1, 0.15) is 12.8 Å². The van der Waals surface area contributed by atoms with Gasteiger partial charge < -0.3 is 5.32 Å². The first kappa shape index (κ1) is 9.36. The van der Waals surface area contributed by atoms with Crippen molar-refractivity contribution in [1.29, 1.82) is 0 Å². The van der Waals surface area contributed by atoms with E-state index < -0.39 is 0 Å². The molecule has 3 rings (SSSR count). The van der Waals surface area contributed by atoms with Gasteiger partial charge in [0.05, 0.1) is 16.6 Å². The van der Waals surface area contributed by atoms with Crippen molar-refractivity contribution in [2.24, 2.45) is 4.99 Å². The zero-order chi connectivity index (χ0) is 10.3. The number of nitrogens with one attached hydrogen (secondary N) is 2. The fraction of sp³-hybridized carbons (Fsp3) is 0.300. The van der Waals surface area contributed by atoms with Gasteiger partial charge in [-0.05, 0) is 43.0 Å². The third-order valence-corrected chi connectivity index (χ3v) is 3.42. The van der Waals surface area contributed by atoms with Crippen LogP contribution in [0.15, 0.2) is 28.1 Å². The van der Waals surface area contributed by atoms with Crippen molar-refractivity contribution in [1.82, 2.24) is 4.72 Å². The highest BCUT2D eigenvalue weighted by atomic mass is 35.5. The molecule has 1 aromatic carbocycles. The maximum atomic E-state index is 5.93. The second-order valence-electron chi connectivity index (χ2n) is 3.68. The van der Waals surface area contributed by atoms with E-state index in [1.807, 2.05) is 18.2 Å². The summed E-state index contributed by atoms with van der Waals surface area (Å²) in [5.74, 6) is 0.845. The summed E-state index contributed by atoms with van der Waals surface area (Å²) < 4.78 is 3.18. The lowest BCUT2D eigenvalue weighted by atomic mass is 10.3. The normalized spacial score (nSPS) is 21.8. The van der Waals surface area contributed by atoms with Crippen molar-refractivity contribution in [2.75, 3.05) is 5.32 Å². The Morgan fingerprint density at radius 3 is 3.07 bits per heavy atom. The van der Waals surface area contributed by atoms with Crippen molar-refractivity contribution < 1.29 is 0 Å². The number of benzene rings is 1. The summed E-state index contributed by atoms with van der Waals surface area (Å²) in [5.41, 5.74) is 1.03. The zero-order valence-electron chi connectivity index (χ0n) is 7.96. The average Bonchev–Trinajstić information content (AvgIpc) is 3.01. The van der Waals surface area contributed by atoms with E-state index in [0.29, 0.717) is 6.04 Å². The lowest BCUT2D eigenvalue weighted by Crippen LogP contribution is -2.29. The zero-order valence-corrected chi connectivity index (χ0v) is 9.53. The number of guanidine groups is 1. The van der Waals surface area contributed by atoms with Crippen LogP contribution in [0.5, 0.6) is 0 Å². The molecule has 0 bridgehead atoms. The predicted octanol–water partition coefficient (Wildman–Crippen LogP) is 2.88. The summed E-state index contributed by atoms with van der Waals surface area (Å²) in [6, 6.07) is 6.32. The average molecular weight is 240 g/mol. The van der Waals surface area contributed by atoms with Crippen LogP contribution in [0, 0.1) is 0 Å². The van der Waals surface area contributed by atoms with Crippen LogP contribution in [-0.4, -0.2) is 12.0 Å². The number of anilines is 1. The fourth-order valence-electron chi connectivity index (χ4n) is 1.39. The molecule has 0 amide bonds. The van der Waals surface area contributed by atoms with Crippen LogP contribution in [-0.2, 0) is 0 Å². The summed E-state index contributed by atoms with van der Waals surface area (Å²) in [7, 11) is 0. The van der Waals surface area contributed by atoms with E-state index in [2.05, 4.69) is 15.0 Å². The number of nitrogens with zero attached hydrogens (tertiary/aromatic N) is 1. The molecule has 1 aliphatic carbocycles. The molecule has 1 saturated carbocycles. The Bertz CT molecular complexity index is 429. The number of rotatable bonds is 1. The monoisotopic (exact) mass is 239 g/mol. The van der Waals surface area contributed by atoms with E-state index in [4.69, 9.17) is 11.6 Å². The molecular formula is C10H10ClN3S. The number of hydrogen-bond acceptors (Lipinski definition) is 2. The first-order chi connectivity index (χ1) is 7.31. The molecule has 15 heavy (non-hydrogen) atoms. The van der Waals surface area contributed by atoms with Gasteiger partial charge in [-0.15, -0.1) is 0 Å². The maximum Gasteiger partial charge on any atom is 0.206 e. The third kappa shape index (κ3) is 2.06. The lowest BCUT2D eigenvalue weighted by molar-refractivity contribution is 1.05. The molecule has 0 atom stereocenters. The summed E-state index contributed by atoms with van der Waals surface area (Å²) in [6.07, 6.45) is 2.42. The van der Waals surface area contributed by atoms with Crippen LogP contribution < -0.4 is 10.0 Å². The van der Waals surface area contributed by atoms with Crippen molar-refractivity contribution in [2.45, 2.75) is 23.8 Å². The van der Waals surface area contributed by atoms with Gasteiger partial charge in [-0.1, -0.05) is 11.6 Å². The van der Waals surface area contributed by atoms with Crippen molar-refractivity contribution >= 4 is 35.2 Å².